The summed E-state index contributed by atoms with van der Waals surface area (Å²) in [4.78, 5) is 24.3. The number of thiocarbonyl (C=S) groups is 1. The molecule has 4 nitrogen and oxygen atoms in total. The lowest BCUT2D eigenvalue weighted by Crippen LogP contribution is -2.27. The van der Waals surface area contributed by atoms with Crippen molar-refractivity contribution in [3.05, 3.63) is 29.8 Å². The first-order valence-corrected chi connectivity index (χ1v) is 6.21. The molecule has 0 N–H and O–H groups in total. The highest BCUT2D eigenvalue weighted by Gasteiger charge is 2.27. The molecule has 6 heteroatoms. The summed E-state index contributed by atoms with van der Waals surface area (Å²) in [6.07, 6.45) is 0. The number of methoxy groups -OCH3 is 1. The summed E-state index contributed by atoms with van der Waals surface area (Å²) in [5.41, 5.74) is 1.12. The van der Waals surface area contributed by atoms with Crippen molar-refractivity contribution in [2.24, 2.45) is 0 Å². The van der Waals surface area contributed by atoms with E-state index in [0.717, 1.165) is 0 Å². The molecule has 0 bridgehead atoms. The maximum Gasteiger partial charge on any atom is 0.337 e. The number of hydrogen-bond acceptors (Lipinski definition) is 5. The maximum absolute atomic E-state index is 11.6. The Morgan fingerprint density at radius 3 is 2.53 bits per heavy atom. The summed E-state index contributed by atoms with van der Waals surface area (Å²) in [5, 5.41) is 0. The van der Waals surface area contributed by atoms with Gasteiger partial charge in [-0.15, -0.1) is 0 Å². The van der Waals surface area contributed by atoms with Gasteiger partial charge in [0.2, 0.25) is 5.91 Å². The van der Waals surface area contributed by atoms with E-state index in [1.54, 1.807) is 24.3 Å². The summed E-state index contributed by atoms with van der Waals surface area (Å²) in [6, 6.07) is 6.59. The Morgan fingerprint density at radius 1 is 1.41 bits per heavy atom. The zero-order chi connectivity index (χ0) is 12.4. The standard InChI is InChI=1S/C11H9NO3S2/c1-15-10(14)7-2-4-8(5-3-7)12-9(13)6-17-11(12)16/h2-5H,6H2,1H3. The lowest BCUT2D eigenvalue weighted by molar-refractivity contribution is -0.115. The van der Waals surface area contributed by atoms with Crippen molar-refractivity contribution in [3.63, 3.8) is 0 Å². The van der Waals surface area contributed by atoms with Crippen molar-refractivity contribution in [1.29, 1.82) is 0 Å². The van der Waals surface area contributed by atoms with Gasteiger partial charge in [0.15, 0.2) is 0 Å². The molecule has 1 amide bonds. The Hall–Kier alpha value is -1.40. The molecule has 0 saturated carbocycles. The van der Waals surface area contributed by atoms with Crippen LogP contribution >= 0.6 is 24.0 Å². The second-order valence-electron chi connectivity index (χ2n) is 3.32. The summed E-state index contributed by atoms with van der Waals surface area (Å²) >= 11 is 6.42. The fraction of sp³-hybridized carbons (Fsp3) is 0.182. The van der Waals surface area contributed by atoms with Gasteiger partial charge in [-0.25, -0.2) is 4.79 Å². The molecule has 1 aliphatic rings. The van der Waals surface area contributed by atoms with Crippen molar-refractivity contribution in [1.82, 2.24) is 0 Å². The van der Waals surface area contributed by atoms with Crippen LogP contribution in [0.2, 0.25) is 0 Å². The fourth-order valence-corrected chi connectivity index (χ4v) is 2.56. The molecule has 0 aromatic heterocycles. The molecule has 1 aliphatic heterocycles. The quantitative estimate of drug-likeness (QED) is 0.604. The van der Waals surface area contributed by atoms with E-state index in [4.69, 9.17) is 12.2 Å². The number of nitrogens with zero attached hydrogens (tertiary/aromatic N) is 1. The van der Waals surface area contributed by atoms with Crippen molar-refractivity contribution < 1.29 is 14.3 Å². The average molecular weight is 267 g/mol. The largest absolute Gasteiger partial charge is 0.465 e. The third kappa shape index (κ3) is 2.32. The number of benzene rings is 1. The number of ether oxygens (including phenoxy) is 1. The van der Waals surface area contributed by atoms with Gasteiger partial charge in [0, 0.05) is 0 Å². The Morgan fingerprint density at radius 2 is 2.06 bits per heavy atom. The highest BCUT2D eigenvalue weighted by Crippen LogP contribution is 2.26. The molecule has 1 aromatic rings. The maximum atomic E-state index is 11.6. The number of thioether (sulfide) groups is 1. The Balaban J connectivity index is 2.26. The molecule has 2 rings (SSSR count). The topological polar surface area (TPSA) is 46.6 Å². The van der Waals surface area contributed by atoms with E-state index in [9.17, 15) is 9.59 Å². The van der Waals surface area contributed by atoms with Crippen LogP contribution < -0.4 is 4.90 Å². The number of hydrogen-bond donors (Lipinski definition) is 0. The van der Waals surface area contributed by atoms with Crippen LogP contribution in [0.5, 0.6) is 0 Å². The van der Waals surface area contributed by atoms with E-state index in [1.807, 2.05) is 0 Å². The Bertz CT molecular complexity index is 468. The van der Waals surface area contributed by atoms with Crippen LogP contribution in [0.3, 0.4) is 0 Å². The summed E-state index contributed by atoms with van der Waals surface area (Å²) in [5.74, 6) is -0.0653. The molecular weight excluding hydrogens is 258 g/mol. The van der Waals surface area contributed by atoms with Gasteiger partial charge in [-0.3, -0.25) is 9.69 Å². The molecule has 0 unspecified atom stereocenters. The van der Waals surface area contributed by atoms with E-state index < -0.39 is 5.97 Å². The first-order chi connectivity index (χ1) is 8.13. The van der Waals surface area contributed by atoms with Crippen LogP contribution in [-0.2, 0) is 9.53 Å². The van der Waals surface area contributed by atoms with Crippen LogP contribution in [0, 0.1) is 0 Å². The molecule has 0 atom stereocenters. The number of esters is 1. The molecule has 88 valence electrons. The smallest absolute Gasteiger partial charge is 0.337 e. The minimum absolute atomic E-state index is 0.0363. The zero-order valence-corrected chi connectivity index (χ0v) is 10.6. The van der Waals surface area contributed by atoms with Crippen LogP contribution in [0.15, 0.2) is 24.3 Å². The highest BCUT2D eigenvalue weighted by atomic mass is 32.2. The molecule has 17 heavy (non-hydrogen) atoms. The van der Waals surface area contributed by atoms with E-state index in [1.165, 1.54) is 23.8 Å². The number of rotatable bonds is 2. The van der Waals surface area contributed by atoms with Gasteiger partial charge in [0.05, 0.1) is 24.1 Å². The van der Waals surface area contributed by atoms with Crippen LogP contribution in [0.25, 0.3) is 0 Å². The lowest BCUT2D eigenvalue weighted by Gasteiger charge is -2.14. The minimum Gasteiger partial charge on any atom is -0.465 e. The van der Waals surface area contributed by atoms with Gasteiger partial charge in [-0.1, -0.05) is 24.0 Å². The van der Waals surface area contributed by atoms with Gasteiger partial charge in [-0.2, -0.15) is 0 Å². The van der Waals surface area contributed by atoms with Crippen LogP contribution in [0.1, 0.15) is 10.4 Å². The summed E-state index contributed by atoms with van der Waals surface area (Å²) in [7, 11) is 1.33. The SMILES string of the molecule is COC(=O)c1ccc(N2C(=O)CSC2=S)cc1. The van der Waals surface area contributed by atoms with Gasteiger partial charge < -0.3 is 4.74 Å². The average Bonchev–Trinajstić information content (AvgIpc) is 2.68. The minimum atomic E-state index is -0.402. The monoisotopic (exact) mass is 267 g/mol. The van der Waals surface area contributed by atoms with E-state index in [2.05, 4.69) is 4.74 Å². The Labute approximate surface area is 108 Å². The summed E-state index contributed by atoms with van der Waals surface area (Å²) in [6.45, 7) is 0. The van der Waals surface area contributed by atoms with Gasteiger partial charge in [0.1, 0.15) is 4.32 Å². The second-order valence-corrected chi connectivity index (χ2v) is 4.93. The van der Waals surface area contributed by atoms with Crippen molar-refractivity contribution in [2.45, 2.75) is 0 Å². The second kappa shape index (κ2) is 4.85. The molecular formula is C11H9NO3S2. The predicted molar refractivity (Wildman–Crippen MR) is 70.3 cm³/mol. The first kappa shape index (κ1) is 12.1. The lowest BCUT2D eigenvalue weighted by atomic mass is 10.2. The van der Waals surface area contributed by atoms with Crippen molar-refractivity contribution >= 4 is 45.9 Å². The van der Waals surface area contributed by atoms with Gasteiger partial charge in [-0.05, 0) is 24.3 Å². The normalized spacial score (nSPS) is 15.2. The molecule has 0 radical (unpaired) electrons. The third-order valence-electron chi connectivity index (χ3n) is 2.30. The predicted octanol–water partition coefficient (Wildman–Crippen LogP) is 1.84. The first-order valence-electron chi connectivity index (χ1n) is 4.81. The van der Waals surface area contributed by atoms with Crippen LogP contribution in [-0.4, -0.2) is 29.1 Å². The number of amides is 1. The van der Waals surface area contributed by atoms with Crippen molar-refractivity contribution in [2.75, 3.05) is 17.8 Å². The molecule has 1 fully saturated rings. The molecule has 1 aromatic carbocycles. The molecule has 0 spiro atoms. The van der Waals surface area contributed by atoms with E-state index >= 15 is 0 Å². The zero-order valence-electron chi connectivity index (χ0n) is 9.00. The van der Waals surface area contributed by atoms with Crippen LogP contribution in [0.4, 0.5) is 5.69 Å². The van der Waals surface area contributed by atoms with Gasteiger partial charge >= 0.3 is 5.97 Å². The molecule has 0 aliphatic carbocycles. The third-order valence-corrected chi connectivity index (χ3v) is 3.65. The van der Waals surface area contributed by atoms with E-state index in [-0.39, 0.29) is 5.91 Å². The number of anilines is 1. The van der Waals surface area contributed by atoms with Crippen molar-refractivity contribution in [3.8, 4) is 0 Å². The number of carbonyl (C=O) groups excluding carboxylic acids is 2. The highest BCUT2D eigenvalue weighted by molar-refractivity contribution is 8.24. The number of carbonyl (C=O) groups is 2. The van der Waals surface area contributed by atoms with E-state index in [0.29, 0.717) is 21.3 Å². The Kier molecular flexibility index (Phi) is 3.44. The van der Waals surface area contributed by atoms with Gasteiger partial charge in [0.25, 0.3) is 0 Å². The fourth-order valence-electron chi connectivity index (χ4n) is 1.47. The molecule has 1 saturated heterocycles. The molecule has 1 heterocycles. The summed E-state index contributed by atoms with van der Waals surface area (Å²) < 4.78 is 5.14.